The number of carbonyl (C=O) groups excluding carboxylic acids is 1. The van der Waals surface area contributed by atoms with Crippen molar-refractivity contribution in [1.82, 2.24) is 5.32 Å². The monoisotopic (exact) mass is 1160 g/mol. The van der Waals surface area contributed by atoms with E-state index in [9.17, 15) is 19.4 Å². The van der Waals surface area contributed by atoms with Crippen molar-refractivity contribution < 1.29 is 32.9 Å². The average Bonchev–Trinajstić information content (AvgIpc) is 3.43. The number of amides is 1. The normalized spacial score (nSPS) is 14.0. The summed E-state index contributed by atoms with van der Waals surface area (Å²) in [7, 11) is 1.56. The number of nitrogens with zero attached hydrogens (tertiary/aromatic N) is 1. The van der Waals surface area contributed by atoms with Gasteiger partial charge in [-0.3, -0.25) is 13.8 Å². The molecule has 3 N–H and O–H groups in total. The lowest BCUT2D eigenvalue weighted by Crippen LogP contribution is -2.45. The molecule has 0 aromatic rings. The summed E-state index contributed by atoms with van der Waals surface area (Å²) >= 11 is 0. The van der Waals surface area contributed by atoms with Gasteiger partial charge in [0.2, 0.25) is 5.91 Å². The maximum absolute atomic E-state index is 13.0. The highest BCUT2D eigenvalue weighted by Gasteiger charge is 2.28. The fraction of sp³-hybridized carbons (Fsp3) is 0.847. The fourth-order valence-electron chi connectivity index (χ4n) is 10.5. The number of aliphatic hydroxyl groups is 1. The third-order valence-corrected chi connectivity index (χ3v) is 16.9. The predicted molar refractivity (Wildman–Crippen MR) is 355 cm³/mol. The smallest absolute Gasteiger partial charge is 0.387 e. The highest BCUT2D eigenvalue weighted by molar-refractivity contribution is 7.47. The van der Waals surface area contributed by atoms with Crippen molar-refractivity contribution in [3.8, 4) is 0 Å². The molecule has 0 fully saturated rings. The lowest BCUT2D eigenvalue weighted by molar-refractivity contribution is -0.870. The predicted octanol–water partition coefficient (Wildman–Crippen LogP) is 22.4. The molecule has 0 aromatic heterocycles. The van der Waals surface area contributed by atoms with Gasteiger partial charge in [0.05, 0.1) is 39.9 Å². The molecule has 0 saturated heterocycles. The van der Waals surface area contributed by atoms with Crippen molar-refractivity contribution in [1.29, 1.82) is 0 Å². The van der Waals surface area contributed by atoms with Crippen molar-refractivity contribution in [3.05, 3.63) is 60.8 Å². The Balaban J connectivity index is 3.97. The lowest BCUT2D eigenvalue weighted by atomic mass is 10.0. The highest BCUT2D eigenvalue weighted by atomic mass is 31.2. The number of hydrogen-bond donors (Lipinski definition) is 3. The Morgan fingerprint density at radius 2 is 0.716 bits per heavy atom. The summed E-state index contributed by atoms with van der Waals surface area (Å²) in [5.41, 5.74) is 0. The van der Waals surface area contributed by atoms with E-state index in [1.807, 2.05) is 27.2 Å². The summed E-state index contributed by atoms with van der Waals surface area (Å²) in [6.07, 6.45) is 86.7. The number of phosphoric ester groups is 1. The van der Waals surface area contributed by atoms with Crippen molar-refractivity contribution in [3.63, 3.8) is 0 Å². The second-order valence-corrected chi connectivity index (χ2v) is 26.7. The Bertz CT molecular complexity index is 1500. The molecule has 0 aliphatic carbocycles. The quantitative estimate of drug-likeness (QED) is 0.0243. The van der Waals surface area contributed by atoms with Gasteiger partial charge in [0.1, 0.15) is 13.2 Å². The molecule has 1 amide bonds. The standard InChI is InChI=1S/C72H137N2O6P/c1-6-8-10-12-14-16-18-20-22-24-26-28-29-30-31-32-33-34-35-36-37-38-39-40-41-42-43-44-45-46-48-50-52-54-56-58-60-62-64-66-72(76)73-70(69-80-81(77,78)79-68-67-74(3,4)5)71(75)65-63-61-59-57-55-53-51-49-47-27-25-23-21-19-17-15-13-11-9-7-2/h18,20,24,26,47,49,55,57,63,65,70-71,75H,6-17,19,21-23,25,27-46,48,50-54,56,58-62,64,66-69H2,1-5H3,(H-,73,76,77,78)/p+1/b20-18-,26-24-,49-47+,57-55+,65-63+. The van der Waals surface area contributed by atoms with Gasteiger partial charge in [-0.25, -0.2) is 4.57 Å². The van der Waals surface area contributed by atoms with Crippen LogP contribution in [0.5, 0.6) is 0 Å². The maximum Gasteiger partial charge on any atom is 0.472 e. The molecule has 0 aliphatic heterocycles. The number of aliphatic hydroxyl groups excluding tert-OH is 1. The van der Waals surface area contributed by atoms with Gasteiger partial charge in [-0.2, -0.15) is 0 Å². The summed E-state index contributed by atoms with van der Waals surface area (Å²) in [6.45, 7) is 4.81. The highest BCUT2D eigenvalue weighted by Crippen LogP contribution is 2.43. The van der Waals surface area contributed by atoms with Gasteiger partial charge < -0.3 is 19.8 Å². The van der Waals surface area contributed by atoms with Crippen LogP contribution in [0.1, 0.15) is 341 Å². The van der Waals surface area contributed by atoms with E-state index < -0.39 is 20.0 Å². The van der Waals surface area contributed by atoms with Gasteiger partial charge in [-0.05, 0) is 77.0 Å². The summed E-state index contributed by atoms with van der Waals surface area (Å²) in [4.78, 5) is 23.4. The molecule has 3 atom stereocenters. The van der Waals surface area contributed by atoms with Crippen LogP contribution >= 0.6 is 7.82 Å². The molecule has 8 nitrogen and oxygen atoms in total. The first-order chi connectivity index (χ1) is 39.5. The van der Waals surface area contributed by atoms with Crippen LogP contribution in [0.2, 0.25) is 0 Å². The second kappa shape index (κ2) is 62.7. The summed E-state index contributed by atoms with van der Waals surface area (Å²) in [5.74, 6) is -0.185. The van der Waals surface area contributed by atoms with E-state index in [1.54, 1.807) is 6.08 Å². The van der Waals surface area contributed by atoms with E-state index in [0.29, 0.717) is 17.4 Å². The van der Waals surface area contributed by atoms with E-state index >= 15 is 0 Å². The second-order valence-electron chi connectivity index (χ2n) is 25.2. The minimum atomic E-state index is -4.36. The summed E-state index contributed by atoms with van der Waals surface area (Å²) in [5, 5.41) is 14.0. The van der Waals surface area contributed by atoms with Crippen LogP contribution in [0.3, 0.4) is 0 Å². The Morgan fingerprint density at radius 1 is 0.420 bits per heavy atom. The number of likely N-dealkylation sites (N-methyl/N-ethyl adjacent to an activating group) is 1. The zero-order valence-corrected chi connectivity index (χ0v) is 55.4. The minimum absolute atomic E-state index is 0.0541. The van der Waals surface area contributed by atoms with Gasteiger partial charge in [0.15, 0.2) is 0 Å². The first-order valence-electron chi connectivity index (χ1n) is 35.2. The molecule has 81 heavy (non-hydrogen) atoms. The van der Waals surface area contributed by atoms with Gasteiger partial charge in [-0.15, -0.1) is 0 Å². The number of carbonyl (C=O) groups is 1. The number of unbranched alkanes of at least 4 members (excludes halogenated alkanes) is 44. The molecular formula is C72H138N2O6P+. The average molecular weight is 1160 g/mol. The molecule has 0 aromatic carbocycles. The summed E-state index contributed by atoms with van der Waals surface area (Å²) < 4.78 is 23.8. The van der Waals surface area contributed by atoms with Crippen molar-refractivity contribution >= 4 is 13.7 Å². The first-order valence-corrected chi connectivity index (χ1v) is 36.7. The maximum atomic E-state index is 13.0. The Hall–Kier alpha value is -1.80. The summed E-state index contributed by atoms with van der Waals surface area (Å²) in [6, 6.07) is -0.871. The number of nitrogens with one attached hydrogen (secondary N) is 1. The van der Waals surface area contributed by atoms with Crippen LogP contribution in [-0.2, 0) is 18.4 Å². The van der Waals surface area contributed by atoms with Crippen molar-refractivity contribution in [2.24, 2.45) is 0 Å². The van der Waals surface area contributed by atoms with Crippen molar-refractivity contribution in [2.45, 2.75) is 353 Å². The van der Waals surface area contributed by atoms with E-state index in [-0.39, 0.29) is 19.1 Å². The van der Waals surface area contributed by atoms with Gasteiger partial charge in [0.25, 0.3) is 0 Å². The number of quaternary nitrogens is 1. The van der Waals surface area contributed by atoms with Crippen molar-refractivity contribution in [2.75, 3.05) is 40.9 Å². The Kier molecular flexibility index (Phi) is 61.3. The SMILES string of the molecule is CCCCCCC/C=C\C/C=C\CCCCCCCCCCCCCCCCCCCCCCCCCCCCCC(=O)NC(COP(=O)(O)OCC[N+](C)(C)C)C(O)/C=C/CC/C=C/CC/C=C/CCCCCCCCCCCC. The van der Waals surface area contributed by atoms with Gasteiger partial charge in [-0.1, -0.05) is 319 Å². The minimum Gasteiger partial charge on any atom is -0.387 e. The zero-order valence-electron chi connectivity index (χ0n) is 54.5. The van der Waals surface area contributed by atoms with Crippen LogP contribution in [0, 0.1) is 0 Å². The molecule has 3 unspecified atom stereocenters. The molecule has 0 heterocycles. The molecule has 0 radical (unpaired) electrons. The molecule has 0 saturated carbocycles. The molecule has 0 bridgehead atoms. The molecule has 9 heteroatoms. The van der Waals surface area contributed by atoms with Crippen LogP contribution in [0.25, 0.3) is 0 Å². The van der Waals surface area contributed by atoms with E-state index in [0.717, 1.165) is 51.4 Å². The number of hydrogen-bond acceptors (Lipinski definition) is 5. The molecular weight excluding hydrogens is 1020 g/mol. The van der Waals surface area contributed by atoms with Gasteiger partial charge >= 0.3 is 7.82 Å². The Morgan fingerprint density at radius 3 is 1.06 bits per heavy atom. The first kappa shape index (κ1) is 79.2. The van der Waals surface area contributed by atoms with Crippen LogP contribution in [0.4, 0.5) is 0 Å². The van der Waals surface area contributed by atoms with Crippen LogP contribution in [0.15, 0.2) is 60.8 Å². The molecule has 476 valence electrons. The van der Waals surface area contributed by atoms with Crippen LogP contribution < -0.4 is 5.32 Å². The Labute approximate surface area is 504 Å². The van der Waals surface area contributed by atoms with E-state index in [2.05, 4.69) is 67.8 Å². The van der Waals surface area contributed by atoms with E-state index in [1.165, 1.54) is 270 Å². The third-order valence-electron chi connectivity index (χ3n) is 15.9. The number of rotatable bonds is 65. The third kappa shape index (κ3) is 65.6. The number of allylic oxidation sites excluding steroid dienone is 9. The molecule has 0 spiro atoms. The van der Waals surface area contributed by atoms with Crippen LogP contribution in [-0.4, -0.2) is 73.4 Å². The number of phosphoric acid groups is 1. The lowest BCUT2D eigenvalue weighted by Gasteiger charge is -2.25. The van der Waals surface area contributed by atoms with E-state index in [4.69, 9.17) is 9.05 Å². The molecule has 0 aliphatic rings. The van der Waals surface area contributed by atoms with Gasteiger partial charge in [0, 0.05) is 6.42 Å². The fourth-order valence-corrected chi connectivity index (χ4v) is 11.2. The largest absolute Gasteiger partial charge is 0.472 e. The topological polar surface area (TPSA) is 105 Å². The zero-order chi connectivity index (χ0) is 59.1. The molecule has 0 rings (SSSR count).